The van der Waals surface area contributed by atoms with Gasteiger partial charge in [0.1, 0.15) is 0 Å². The number of carbonyl (C=O) groups excluding carboxylic acids is 2. The third kappa shape index (κ3) is 3.08. The summed E-state index contributed by atoms with van der Waals surface area (Å²) in [5, 5.41) is 0. The Kier molecular flexibility index (Phi) is 4.37. The first-order valence-corrected chi connectivity index (χ1v) is 7.52. The maximum Gasteiger partial charge on any atom is 0.311 e. The molecule has 23 heavy (non-hydrogen) atoms. The van der Waals surface area contributed by atoms with E-state index in [2.05, 4.69) is 4.98 Å². The van der Waals surface area contributed by atoms with Crippen molar-refractivity contribution in [2.75, 3.05) is 7.11 Å². The number of amides is 1. The van der Waals surface area contributed by atoms with Crippen molar-refractivity contribution in [3.8, 4) is 0 Å². The largest absolute Gasteiger partial charge is 0.469 e. The molecule has 0 saturated carbocycles. The molecule has 118 valence electrons. The number of ether oxygens (including phenoxy) is 1. The second-order valence-corrected chi connectivity index (χ2v) is 5.57. The number of aromatic nitrogens is 1. The van der Waals surface area contributed by atoms with Crippen molar-refractivity contribution in [2.24, 2.45) is 5.92 Å². The van der Waals surface area contributed by atoms with E-state index < -0.39 is 5.92 Å². The highest BCUT2D eigenvalue weighted by Gasteiger charge is 2.45. The third-order valence-electron chi connectivity index (χ3n) is 4.16. The van der Waals surface area contributed by atoms with Gasteiger partial charge in [0.25, 0.3) is 0 Å². The summed E-state index contributed by atoms with van der Waals surface area (Å²) in [6, 6.07) is 13.1. The van der Waals surface area contributed by atoms with Crippen molar-refractivity contribution in [3.63, 3.8) is 0 Å². The van der Waals surface area contributed by atoms with Crippen molar-refractivity contribution in [3.05, 3.63) is 66.0 Å². The lowest BCUT2D eigenvalue weighted by molar-refractivity contribution is -0.146. The van der Waals surface area contributed by atoms with Crippen LogP contribution < -0.4 is 0 Å². The lowest BCUT2D eigenvalue weighted by Crippen LogP contribution is -2.30. The standard InChI is InChI=1S/C18H18N2O3/c1-23-18(22)15-10-16(21)20(12-13-6-3-2-4-7-13)17(15)14-8-5-9-19-11-14/h2-9,11,15,17H,10,12H2,1H3/t15-,17+/m0/s1. The molecular weight excluding hydrogens is 292 g/mol. The predicted molar refractivity (Wildman–Crippen MR) is 84.1 cm³/mol. The monoisotopic (exact) mass is 310 g/mol. The molecule has 1 aromatic heterocycles. The van der Waals surface area contributed by atoms with Crippen LogP contribution in [0.2, 0.25) is 0 Å². The third-order valence-corrected chi connectivity index (χ3v) is 4.16. The van der Waals surface area contributed by atoms with Crippen molar-refractivity contribution in [2.45, 2.75) is 19.0 Å². The zero-order chi connectivity index (χ0) is 16.2. The highest BCUT2D eigenvalue weighted by Crippen LogP contribution is 2.39. The van der Waals surface area contributed by atoms with E-state index in [0.29, 0.717) is 6.54 Å². The summed E-state index contributed by atoms with van der Waals surface area (Å²) in [6.45, 7) is 0.465. The summed E-state index contributed by atoms with van der Waals surface area (Å²) >= 11 is 0. The van der Waals surface area contributed by atoms with Crippen molar-refractivity contribution >= 4 is 11.9 Å². The molecule has 1 saturated heterocycles. The normalized spacial score (nSPS) is 20.6. The van der Waals surface area contributed by atoms with Crippen LogP contribution in [0.3, 0.4) is 0 Å². The summed E-state index contributed by atoms with van der Waals surface area (Å²) < 4.78 is 4.89. The highest BCUT2D eigenvalue weighted by molar-refractivity contribution is 5.88. The first-order valence-electron chi connectivity index (χ1n) is 7.52. The Morgan fingerprint density at radius 2 is 2.04 bits per heavy atom. The molecule has 0 spiro atoms. The molecule has 1 aliphatic heterocycles. The Morgan fingerprint density at radius 1 is 1.26 bits per heavy atom. The van der Waals surface area contributed by atoms with Crippen molar-refractivity contribution in [1.29, 1.82) is 0 Å². The Balaban J connectivity index is 1.95. The fraction of sp³-hybridized carbons (Fsp3) is 0.278. The molecule has 5 heteroatoms. The lowest BCUT2D eigenvalue weighted by atomic mass is 9.94. The highest BCUT2D eigenvalue weighted by atomic mass is 16.5. The van der Waals surface area contributed by atoms with Crippen LogP contribution in [0.25, 0.3) is 0 Å². The number of benzene rings is 1. The Bertz CT molecular complexity index is 688. The van der Waals surface area contributed by atoms with Crippen molar-refractivity contribution < 1.29 is 14.3 Å². The van der Waals surface area contributed by atoms with Gasteiger partial charge in [-0.05, 0) is 17.2 Å². The van der Waals surface area contributed by atoms with Crippen LogP contribution in [0, 0.1) is 5.92 Å². The molecule has 0 radical (unpaired) electrons. The van der Waals surface area contributed by atoms with Gasteiger partial charge in [0, 0.05) is 25.4 Å². The number of pyridine rings is 1. The van der Waals surface area contributed by atoms with E-state index in [0.717, 1.165) is 11.1 Å². The van der Waals surface area contributed by atoms with Gasteiger partial charge in [0.05, 0.1) is 19.1 Å². The fourth-order valence-corrected chi connectivity index (χ4v) is 3.08. The van der Waals surface area contributed by atoms with E-state index >= 15 is 0 Å². The number of carbonyl (C=O) groups is 2. The van der Waals surface area contributed by atoms with E-state index in [-0.39, 0.29) is 24.3 Å². The van der Waals surface area contributed by atoms with Gasteiger partial charge < -0.3 is 9.64 Å². The fourth-order valence-electron chi connectivity index (χ4n) is 3.08. The van der Waals surface area contributed by atoms with Gasteiger partial charge in [-0.2, -0.15) is 0 Å². The zero-order valence-corrected chi connectivity index (χ0v) is 12.9. The number of nitrogens with zero attached hydrogens (tertiary/aromatic N) is 2. The van der Waals surface area contributed by atoms with Crippen LogP contribution >= 0.6 is 0 Å². The first kappa shape index (κ1) is 15.2. The zero-order valence-electron chi connectivity index (χ0n) is 12.9. The molecule has 0 unspecified atom stereocenters. The van der Waals surface area contributed by atoms with Gasteiger partial charge in [-0.15, -0.1) is 0 Å². The Morgan fingerprint density at radius 3 is 2.70 bits per heavy atom. The molecule has 1 fully saturated rings. The Hall–Kier alpha value is -2.69. The van der Waals surface area contributed by atoms with Crippen molar-refractivity contribution in [1.82, 2.24) is 9.88 Å². The lowest BCUT2D eigenvalue weighted by Gasteiger charge is -2.27. The second kappa shape index (κ2) is 6.60. The van der Waals surface area contributed by atoms with E-state index in [1.807, 2.05) is 42.5 Å². The van der Waals surface area contributed by atoms with Gasteiger partial charge in [0.2, 0.25) is 5.91 Å². The molecule has 1 aliphatic rings. The van der Waals surface area contributed by atoms with E-state index in [9.17, 15) is 9.59 Å². The minimum absolute atomic E-state index is 0.0434. The minimum Gasteiger partial charge on any atom is -0.469 e. The van der Waals surface area contributed by atoms with Gasteiger partial charge in [-0.3, -0.25) is 14.6 Å². The van der Waals surface area contributed by atoms with Gasteiger partial charge >= 0.3 is 5.97 Å². The number of likely N-dealkylation sites (tertiary alicyclic amines) is 1. The summed E-state index contributed by atoms with van der Waals surface area (Å²) in [7, 11) is 1.35. The molecule has 2 atom stereocenters. The summed E-state index contributed by atoms with van der Waals surface area (Å²) in [5.41, 5.74) is 1.88. The smallest absolute Gasteiger partial charge is 0.311 e. The summed E-state index contributed by atoms with van der Waals surface area (Å²) in [6.07, 6.45) is 3.55. The first-order chi connectivity index (χ1) is 11.2. The molecule has 1 amide bonds. The average Bonchev–Trinajstić information content (AvgIpc) is 2.92. The van der Waals surface area contributed by atoms with E-state index in [1.165, 1.54) is 7.11 Å². The maximum absolute atomic E-state index is 12.5. The molecule has 2 heterocycles. The number of esters is 1. The topological polar surface area (TPSA) is 59.5 Å². The van der Waals surface area contributed by atoms with Crippen LogP contribution in [-0.4, -0.2) is 28.9 Å². The average molecular weight is 310 g/mol. The molecule has 5 nitrogen and oxygen atoms in total. The van der Waals surface area contributed by atoms with E-state index in [1.54, 1.807) is 17.3 Å². The van der Waals surface area contributed by atoms with Gasteiger partial charge in [-0.25, -0.2) is 0 Å². The molecule has 3 rings (SSSR count). The quantitative estimate of drug-likeness (QED) is 0.813. The number of hydrogen-bond donors (Lipinski definition) is 0. The summed E-state index contributed by atoms with van der Waals surface area (Å²) in [5.74, 6) is -0.902. The molecule has 1 aromatic carbocycles. The van der Waals surface area contributed by atoms with Crippen LogP contribution in [0.15, 0.2) is 54.9 Å². The number of rotatable bonds is 4. The molecule has 2 aromatic rings. The summed E-state index contributed by atoms with van der Waals surface area (Å²) in [4.78, 5) is 30.5. The van der Waals surface area contributed by atoms with Gasteiger partial charge in [-0.1, -0.05) is 36.4 Å². The van der Waals surface area contributed by atoms with E-state index in [4.69, 9.17) is 4.74 Å². The van der Waals surface area contributed by atoms with Gasteiger partial charge in [0.15, 0.2) is 0 Å². The number of hydrogen-bond acceptors (Lipinski definition) is 4. The van der Waals surface area contributed by atoms with Crippen LogP contribution in [0.1, 0.15) is 23.6 Å². The van der Waals surface area contributed by atoms with Crippen LogP contribution in [0.4, 0.5) is 0 Å². The minimum atomic E-state index is -0.500. The molecule has 0 aliphatic carbocycles. The SMILES string of the molecule is COC(=O)[C@H]1CC(=O)N(Cc2ccccc2)[C@@H]1c1cccnc1. The molecular formula is C18H18N2O3. The predicted octanol–water partition coefficient (Wildman–Crippen LogP) is 2.34. The molecule has 0 bridgehead atoms. The van der Waals surface area contributed by atoms with Crippen LogP contribution in [0.5, 0.6) is 0 Å². The number of methoxy groups -OCH3 is 1. The Labute approximate surface area is 134 Å². The van der Waals surface area contributed by atoms with Crippen LogP contribution in [-0.2, 0) is 20.9 Å². The molecule has 0 N–H and O–H groups in total. The maximum atomic E-state index is 12.5. The second-order valence-electron chi connectivity index (χ2n) is 5.57.